The maximum absolute atomic E-state index is 12.6. The molecule has 0 bridgehead atoms. The maximum atomic E-state index is 12.6. The second-order valence-electron chi connectivity index (χ2n) is 7.90. The molecule has 3 aromatic rings. The van der Waals surface area contributed by atoms with Crippen molar-refractivity contribution < 1.29 is 28.6 Å². The van der Waals surface area contributed by atoms with Crippen LogP contribution in [0.15, 0.2) is 41.6 Å². The lowest BCUT2D eigenvalue weighted by molar-refractivity contribution is -0.113. The van der Waals surface area contributed by atoms with E-state index >= 15 is 0 Å². The Balaban J connectivity index is 1.55. The number of carbonyl (C=O) groups excluding carboxylic acids is 3. The fourth-order valence-electron chi connectivity index (χ4n) is 3.37. The molecule has 1 heterocycles. The molecule has 1 N–H and O–H groups in total. The predicted molar refractivity (Wildman–Crippen MR) is 139 cm³/mol. The average molecular weight is 547 g/mol. The zero-order valence-corrected chi connectivity index (χ0v) is 22.4. The fourth-order valence-corrected chi connectivity index (χ4v) is 4.33. The summed E-state index contributed by atoms with van der Waals surface area (Å²) in [5.74, 6) is -0.0775. The van der Waals surface area contributed by atoms with Gasteiger partial charge in [-0.1, -0.05) is 23.4 Å². The van der Waals surface area contributed by atoms with Crippen LogP contribution >= 0.6 is 23.4 Å². The summed E-state index contributed by atoms with van der Waals surface area (Å²) >= 11 is 7.17. The van der Waals surface area contributed by atoms with Crippen molar-refractivity contribution in [1.29, 1.82) is 0 Å². The number of thioether (sulfide) groups is 1. The van der Waals surface area contributed by atoms with Crippen LogP contribution in [0.4, 0.5) is 5.69 Å². The number of nitrogens with one attached hydrogen (secondary N) is 1. The first-order valence-electron chi connectivity index (χ1n) is 11.2. The number of amides is 1. The Morgan fingerprint density at radius 3 is 2.51 bits per heavy atom. The Kier molecular flexibility index (Phi) is 9.93. The minimum absolute atomic E-state index is 0.00793. The number of ether oxygens (including phenoxy) is 3. The van der Waals surface area contributed by atoms with Gasteiger partial charge in [0.05, 0.1) is 43.4 Å². The molecule has 37 heavy (non-hydrogen) atoms. The molecule has 3 rings (SSSR count). The normalized spacial score (nSPS) is 10.6. The van der Waals surface area contributed by atoms with Crippen LogP contribution in [0.2, 0.25) is 5.02 Å². The van der Waals surface area contributed by atoms with Crippen molar-refractivity contribution in [2.24, 2.45) is 7.05 Å². The molecule has 1 aromatic heterocycles. The molecule has 2 aromatic carbocycles. The Labute approximate surface area is 223 Å². The summed E-state index contributed by atoms with van der Waals surface area (Å²) in [6, 6.07) is 9.68. The molecule has 0 spiro atoms. The molecule has 0 saturated carbocycles. The van der Waals surface area contributed by atoms with E-state index in [0.717, 1.165) is 23.6 Å². The number of aromatic nitrogens is 3. The number of aryl methyl sites for hydroxylation is 2. The van der Waals surface area contributed by atoms with Crippen LogP contribution in [-0.4, -0.2) is 59.2 Å². The molecule has 196 valence electrons. The average Bonchev–Trinajstić information content (AvgIpc) is 3.24. The second-order valence-corrected chi connectivity index (χ2v) is 9.28. The van der Waals surface area contributed by atoms with Gasteiger partial charge in [0.1, 0.15) is 11.6 Å². The Bertz CT molecular complexity index is 1300. The maximum Gasteiger partial charge on any atom is 0.339 e. The van der Waals surface area contributed by atoms with Gasteiger partial charge in [0.15, 0.2) is 5.16 Å². The van der Waals surface area contributed by atoms with E-state index in [-0.39, 0.29) is 22.6 Å². The molecule has 0 radical (unpaired) electrons. The van der Waals surface area contributed by atoms with E-state index in [4.69, 9.17) is 25.8 Å². The molecule has 0 unspecified atom stereocenters. The highest BCUT2D eigenvalue weighted by Gasteiger charge is 2.18. The molecule has 0 atom stereocenters. The number of esters is 2. The lowest BCUT2D eigenvalue weighted by Crippen LogP contribution is -2.18. The summed E-state index contributed by atoms with van der Waals surface area (Å²) in [6.07, 6.45) is 1.37. The minimum Gasteiger partial charge on any atom is -0.493 e. The smallest absolute Gasteiger partial charge is 0.339 e. The zero-order valence-electron chi connectivity index (χ0n) is 20.9. The van der Waals surface area contributed by atoms with Crippen LogP contribution in [0.25, 0.3) is 0 Å². The summed E-state index contributed by atoms with van der Waals surface area (Å²) in [5.41, 5.74) is 1.42. The Morgan fingerprint density at radius 2 is 1.81 bits per heavy atom. The third kappa shape index (κ3) is 7.46. The van der Waals surface area contributed by atoms with E-state index in [1.807, 2.05) is 30.7 Å². The van der Waals surface area contributed by atoms with E-state index in [0.29, 0.717) is 23.2 Å². The van der Waals surface area contributed by atoms with Crippen LogP contribution in [0.3, 0.4) is 0 Å². The van der Waals surface area contributed by atoms with Crippen molar-refractivity contribution in [1.82, 2.24) is 14.8 Å². The second kappa shape index (κ2) is 13.1. The summed E-state index contributed by atoms with van der Waals surface area (Å²) < 4.78 is 17.1. The number of halogens is 1. The quantitative estimate of drug-likeness (QED) is 0.215. The molecular formula is C25H27ClN4O6S. The SMILES string of the molecule is COC(=O)c1ccc(C(=O)OC)c(NC(=O)CSc2nnc(CCCOc3ccc(Cl)cc3C)n2C)c1. The number of rotatable bonds is 11. The van der Waals surface area contributed by atoms with Crippen LogP contribution in [-0.2, 0) is 27.7 Å². The highest BCUT2D eigenvalue weighted by Crippen LogP contribution is 2.23. The summed E-state index contributed by atoms with van der Waals surface area (Å²) in [6.45, 7) is 2.45. The summed E-state index contributed by atoms with van der Waals surface area (Å²) in [5, 5.41) is 12.3. The van der Waals surface area contributed by atoms with Gasteiger partial charge in [0, 0.05) is 18.5 Å². The van der Waals surface area contributed by atoms with Crippen molar-refractivity contribution in [3.63, 3.8) is 0 Å². The van der Waals surface area contributed by atoms with Crippen molar-refractivity contribution in [2.75, 3.05) is 31.9 Å². The van der Waals surface area contributed by atoms with Gasteiger partial charge in [-0.2, -0.15) is 0 Å². The van der Waals surface area contributed by atoms with E-state index in [1.165, 1.54) is 44.2 Å². The number of methoxy groups -OCH3 is 2. The van der Waals surface area contributed by atoms with Gasteiger partial charge in [0.25, 0.3) is 0 Å². The van der Waals surface area contributed by atoms with Gasteiger partial charge in [0.2, 0.25) is 5.91 Å². The topological polar surface area (TPSA) is 122 Å². The molecule has 10 nitrogen and oxygen atoms in total. The van der Waals surface area contributed by atoms with Crippen molar-refractivity contribution in [3.8, 4) is 5.75 Å². The predicted octanol–water partition coefficient (Wildman–Crippen LogP) is 4.09. The van der Waals surface area contributed by atoms with E-state index in [1.54, 1.807) is 6.07 Å². The van der Waals surface area contributed by atoms with Crippen LogP contribution < -0.4 is 10.1 Å². The van der Waals surface area contributed by atoms with E-state index < -0.39 is 17.8 Å². The largest absolute Gasteiger partial charge is 0.493 e. The lowest BCUT2D eigenvalue weighted by Gasteiger charge is -2.11. The summed E-state index contributed by atoms with van der Waals surface area (Å²) in [4.78, 5) is 36.6. The highest BCUT2D eigenvalue weighted by atomic mass is 35.5. The summed E-state index contributed by atoms with van der Waals surface area (Å²) in [7, 11) is 4.30. The zero-order chi connectivity index (χ0) is 26.9. The first-order valence-corrected chi connectivity index (χ1v) is 12.6. The van der Waals surface area contributed by atoms with Crippen LogP contribution in [0.1, 0.15) is 38.5 Å². The van der Waals surface area contributed by atoms with E-state index in [9.17, 15) is 14.4 Å². The van der Waals surface area contributed by atoms with Crippen molar-refractivity contribution in [2.45, 2.75) is 24.9 Å². The third-order valence-electron chi connectivity index (χ3n) is 5.32. The highest BCUT2D eigenvalue weighted by molar-refractivity contribution is 7.99. The van der Waals surface area contributed by atoms with Crippen molar-refractivity contribution >= 4 is 46.9 Å². The molecule has 12 heteroatoms. The number of hydrogen-bond donors (Lipinski definition) is 1. The molecule has 1 amide bonds. The molecule has 0 aliphatic heterocycles. The minimum atomic E-state index is -0.646. The number of anilines is 1. The first-order chi connectivity index (χ1) is 17.7. The molecule has 0 fully saturated rings. The fraction of sp³-hybridized carbons (Fsp3) is 0.320. The van der Waals surface area contributed by atoms with Gasteiger partial charge in [-0.15, -0.1) is 10.2 Å². The first kappa shape index (κ1) is 28.0. The van der Waals surface area contributed by atoms with Gasteiger partial charge in [-0.25, -0.2) is 9.59 Å². The molecule has 0 saturated heterocycles. The van der Waals surface area contributed by atoms with Gasteiger partial charge < -0.3 is 24.1 Å². The van der Waals surface area contributed by atoms with Gasteiger partial charge in [-0.3, -0.25) is 4.79 Å². The van der Waals surface area contributed by atoms with Crippen molar-refractivity contribution in [3.05, 3.63) is 63.9 Å². The molecule has 0 aliphatic carbocycles. The lowest BCUT2D eigenvalue weighted by atomic mass is 10.1. The Morgan fingerprint density at radius 1 is 1.05 bits per heavy atom. The monoisotopic (exact) mass is 546 g/mol. The third-order valence-corrected chi connectivity index (χ3v) is 6.57. The van der Waals surface area contributed by atoms with Crippen LogP contribution in [0.5, 0.6) is 5.75 Å². The van der Waals surface area contributed by atoms with Crippen LogP contribution in [0, 0.1) is 6.92 Å². The van der Waals surface area contributed by atoms with Gasteiger partial charge >= 0.3 is 11.9 Å². The number of carbonyl (C=O) groups is 3. The number of nitrogens with zero attached hydrogens (tertiary/aromatic N) is 3. The molecular weight excluding hydrogens is 520 g/mol. The number of benzene rings is 2. The van der Waals surface area contributed by atoms with Gasteiger partial charge in [-0.05, 0) is 55.3 Å². The molecule has 0 aliphatic rings. The standard InChI is InChI=1S/C25H27ClN4O6S/c1-15-12-17(26)8-10-20(15)36-11-5-6-21-28-29-25(30(21)2)37-14-22(31)27-19-13-16(23(32)34-3)7-9-18(19)24(33)35-4/h7-10,12-13H,5-6,11,14H2,1-4H3,(H,27,31). The number of hydrogen-bond acceptors (Lipinski definition) is 9. The van der Waals surface area contributed by atoms with E-state index in [2.05, 4.69) is 15.5 Å². The Hall–Kier alpha value is -3.57.